The fraction of sp³-hybridized carbons (Fsp3) is 0.550. The van der Waals surface area contributed by atoms with Gasteiger partial charge >= 0.3 is 14.8 Å². The van der Waals surface area contributed by atoms with Crippen molar-refractivity contribution < 1.29 is 23.5 Å². The smallest absolute Gasteiger partial charge is 0.459 e. The molecule has 30 heavy (non-hydrogen) atoms. The molecule has 1 aromatic heterocycles. The lowest BCUT2D eigenvalue weighted by molar-refractivity contribution is -0.156. The summed E-state index contributed by atoms with van der Waals surface area (Å²) in [6.07, 6.45) is 2.84. The second kappa shape index (κ2) is 11.1. The van der Waals surface area contributed by atoms with Crippen molar-refractivity contribution in [2.75, 3.05) is 12.4 Å². The molecule has 2 rings (SSSR count). The zero-order valence-electron chi connectivity index (χ0n) is 17.6. The van der Waals surface area contributed by atoms with Crippen molar-refractivity contribution in [3.8, 4) is 0 Å². The standard InChI is InChI=1S/C20H30BrN3O5Si/c1-20(2,12-17(13-21)16-8-5-4-6-9-16)19(25)29-15-18-14-24(23-22-18)10-7-11-30(26,27)28-3/h4-6,8-9,14,17,26-27H,7,10-13,15H2,1-3H3. The summed E-state index contributed by atoms with van der Waals surface area (Å²) < 4.78 is 11.8. The highest BCUT2D eigenvalue weighted by atomic mass is 79.9. The molecule has 0 aliphatic rings. The van der Waals surface area contributed by atoms with E-state index in [-0.39, 0.29) is 24.5 Å². The van der Waals surface area contributed by atoms with Crippen LogP contribution in [-0.2, 0) is 27.1 Å². The minimum atomic E-state index is -3.55. The van der Waals surface area contributed by atoms with Gasteiger partial charge in [0.2, 0.25) is 0 Å². The minimum Gasteiger partial charge on any atom is -0.459 e. The molecule has 0 spiro atoms. The molecule has 0 radical (unpaired) electrons. The van der Waals surface area contributed by atoms with Crippen LogP contribution < -0.4 is 0 Å². The molecule has 166 valence electrons. The number of halogens is 1. The van der Waals surface area contributed by atoms with Crippen molar-refractivity contribution in [1.29, 1.82) is 0 Å². The van der Waals surface area contributed by atoms with Crippen molar-refractivity contribution in [1.82, 2.24) is 15.0 Å². The molecule has 0 fully saturated rings. The van der Waals surface area contributed by atoms with Crippen LogP contribution >= 0.6 is 15.9 Å². The van der Waals surface area contributed by atoms with E-state index in [0.717, 1.165) is 5.33 Å². The first-order valence-electron chi connectivity index (χ1n) is 9.84. The Morgan fingerprint density at radius 2 is 2.00 bits per heavy atom. The lowest BCUT2D eigenvalue weighted by atomic mass is 9.81. The number of rotatable bonds is 12. The van der Waals surface area contributed by atoms with Crippen LogP contribution in [0.1, 0.15) is 43.9 Å². The second-order valence-corrected chi connectivity index (χ2v) is 11.0. The molecule has 1 atom stereocenters. The number of ether oxygens (including phenoxy) is 1. The van der Waals surface area contributed by atoms with E-state index in [1.165, 1.54) is 12.7 Å². The minimum absolute atomic E-state index is 0.0450. The number of aromatic nitrogens is 3. The molecular formula is C20H30BrN3O5Si. The van der Waals surface area contributed by atoms with E-state index in [1.807, 2.05) is 32.0 Å². The van der Waals surface area contributed by atoms with Gasteiger partial charge in [0.1, 0.15) is 12.3 Å². The van der Waals surface area contributed by atoms with Crippen LogP contribution in [0.2, 0.25) is 6.04 Å². The van der Waals surface area contributed by atoms with Gasteiger partial charge < -0.3 is 18.8 Å². The SMILES string of the molecule is CO[Si](O)(O)CCCn1cc(COC(=O)C(C)(C)CC(CBr)c2ccccc2)nn1. The van der Waals surface area contributed by atoms with Crippen LogP contribution in [0.4, 0.5) is 0 Å². The Hall–Kier alpha value is -1.59. The van der Waals surface area contributed by atoms with E-state index in [1.54, 1.807) is 10.9 Å². The van der Waals surface area contributed by atoms with Gasteiger partial charge in [-0.2, -0.15) is 0 Å². The summed E-state index contributed by atoms with van der Waals surface area (Å²) in [5.41, 5.74) is 1.08. The summed E-state index contributed by atoms with van der Waals surface area (Å²) >= 11 is 3.56. The molecule has 0 aliphatic carbocycles. The molecule has 0 aliphatic heterocycles. The van der Waals surface area contributed by atoms with Gasteiger partial charge in [0.05, 0.1) is 11.6 Å². The number of alkyl halides is 1. The van der Waals surface area contributed by atoms with Gasteiger partial charge in [-0.3, -0.25) is 9.48 Å². The number of hydrogen-bond donors (Lipinski definition) is 2. The highest BCUT2D eigenvalue weighted by molar-refractivity contribution is 9.09. The second-order valence-electron chi connectivity index (χ2n) is 7.95. The van der Waals surface area contributed by atoms with Gasteiger partial charge in [-0.1, -0.05) is 51.5 Å². The maximum absolute atomic E-state index is 12.7. The van der Waals surface area contributed by atoms with Crippen molar-refractivity contribution >= 4 is 30.7 Å². The maximum Gasteiger partial charge on any atom is 0.495 e. The summed E-state index contributed by atoms with van der Waals surface area (Å²) in [5, 5.41) is 8.76. The van der Waals surface area contributed by atoms with E-state index in [2.05, 4.69) is 42.8 Å². The Morgan fingerprint density at radius 3 is 2.63 bits per heavy atom. The predicted octanol–water partition coefficient (Wildman–Crippen LogP) is 2.88. The normalized spacial score (nSPS) is 13.3. The largest absolute Gasteiger partial charge is 0.495 e. The topological polar surface area (TPSA) is 107 Å². The average Bonchev–Trinajstić information content (AvgIpc) is 3.18. The van der Waals surface area contributed by atoms with E-state index < -0.39 is 14.2 Å². The monoisotopic (exact) mass is 499 g/mol. The van der Waals surface area contributed by atoms with Crippen LogP contribution in [0.5, 0.6) is 0 Å². The van der Waals surface area contributed by atoms with E-state index >= 15 is 0 Å². The van der Waals surface area contributed by atoms with Gasteiger partial charge in [0.15, 0.2) is 0 Å². The third-order valence-corrected chi connectivity index (χ3v) is 7.36. The highest BCUT2D eigenvalue weighted by Crippen LogP contribution is 2.34. The molecule has 0 saturated carbocycles. The first kappa shape index (κ1) is 24.7. The molecule has 10 heteroatoms. The van der Waals surface area contributed by atoms with Crippen molar-refractivity contribution in [2.24, 2.45) is 5.41 Å². The van der Waals surface area contributed by atoms with E-state index in [0.29, 0.717) is 25.1 Å². The summed E-state index contributed by atoms with van der Waals surface area (Å²) in [4.78, 5) is 31.8. The lowest BCUT2D eigenvalue weighted by Crippen LogP contribution is -2.37. The first-order valence-corrected chi connectivity index (χ1v) is 13.0. The number of carbonyl (C=O) groups excluding carboxylic acids is 1. The fourth-order valence-corrected chi connectivity index (χ4v) is 4.53. The van der Waals surface area contributed by atoms with E-state index in [4.69, 9.17) is 4.74 Å². The zero-order valence-corrected chi connectivity index (χ0v) is 20.2. The van der Waals surface area contributed by atoms with Gasteiger partial charge in [-0.25, -0.2) is 0 Å². The average molecular weight is 500 g/mol. The molecule has 0 saturated heterocycles. The quantitative estimate of drug-likeness (QED) is 0.262. The van der Waals surface area contributed by atoms with Gasteiger partial charge in [0, 0.05) is 25.0 Å². The number of esters is 1. The third-order valence-electron chi connectivity index (χ3n) is 4.92. The lowest BCUT2D eigenvalue weighted by Gasteiger charge is -2.27. The Bertz CT molecular complexity index is 801. The van der Waals surface area contributed by atoms with Gasteiger partial charge in [-0.05, 0) is 38.2 Å². The Labute approximate surface area is 186 Å². The number of benzene rings is 1. The maximum atomic E-state index is 12.7. The van der Waals surface area contributed by atoms with Gasteiger partial charge in [0.25, 0.3) is 0 Å². The number of nitrogens with zero attached hydrogens (tertiary/aromatic N) is 3. The molecular weight excluding hydrogens is 470 g/mol. The molecule has 0 bridgehead atoms. The van der Waals surface area contributed by atoms with Crippen LogP contribution in [-0.4, -0.2) is 51.8 Å². The van der Waals surface area contributed by atoms with E-state index in [9.17, 15) is 14.4 Å². The van der Waals surface area contributed by atoms with Crippen LogP contribution in [0.3, 0.4) is 0 Å². The summed E-state index contributed by atoms with van der Waals surface area (Å²) in [7, 11) is -2.26. The molecule has 2 N–H and O–H groups in total. The number of carbonyl (C=O) groups is 1. The Morgan fingerprint density at radius 1 is 1.30 bits per heavy atom. The number of aryl methyl sites for hydroxylation is 1. The summed E-state index contributed by atoms with van der Waals surface area (Å²) in [5.74, 6) is -0.0779. The molecule has 8 nitrogen and oxygen atoms in total. The molecule has 1 aromatic carbocycles. The molecule has 0 amide bonds. The first-order chi connectivity index (χ1) is 14.2. The number of hydrogen-bond acceptors (Lipinski definition) is 7. The molecule has 1 heterocycles. The van der Waals surface area contributed by atoms with Crippen LogP contribution in [0, 0.1) is 5.41 Å². The predicted molar refractivity (Wildman–Crippen MR) is 118 cm³/mol. The summed E-state index contributed by atoms with van der Waals surface area (Å²) in [6, 6.07) is 10.3. The molecule has 2 aromatic rings. The Kier molecular flexibility index (Phi) is 9.17. The zero-order chi connectivity index (χ0) is 22.2. The third kappa shape index (κ3) is 7.58. The van der Waals surface area contributed by atoms with Crippen molar-refractivity contribution in [2.45, 2.75) is 51.8 Å². The molecule has 1 unspecified atom stereocenters. The van der Waals surface area contributed by atoms with Crippen LogP contribution in [0.15, 0.2) is 36.5 Å². The summed E-state index contributed by atoms with van der Waals surface area (Å²) in [6.45, 7) is 4.29. The van der Waals surface area contributed by atoms with Crippen molar-refractivity contribution in [3.05, 3.63) is 47.8 Å². The van der Waals surface area contributed by atoms with Crippen molar-refractivity contribution in [3.63, 3.8) is 0 Å². The Balaban J connectivity index is 1.85. The van der Waals surface area contributed by atoms with Crippen LogP contribution in [0.25, 0.3) is 0 Å². The fourth-order valence-electron chi connectivity index (χ4n) is 3.11. The van der Waals surface area contributed by atoms with Gasteiger partial charge in [-0.15, -0.1) is 5.10 Å². The highest BCUT2D eigenvalue weighted by Gasteiger charge is 2.33.